The zero-order valence-electron chi connectivity index (χ0n) is 12.7. The molecule has 0 fully saturated rings. The third-order valence-corrected chi connectivity index (χ3v) is 4.84. The second-order valence-electron chi connectivity index (χ2n) is 5.57. The van der Waals surface area contributed by atoms with E-state index in [1.165, 1.54) is 11.3 Å². The third kappa shape index (κ3) is 2.23. The fourth-order valence-corrected chi connectivity index (χ4v) is 3.39. The van der Waals surface area contributed by atoms with Gasteiger partial charge in [-0.05, 0) is 18.2 Å². The van der Waals surface area contributed by atoms with Crippen LogP contribution in [0.4, 0.5) is 0 Å². The first-order chi connectivity index (χ1) is 11.2. The second-order valence-corrected chi connectivity index (χ2v) is 6.56. The maximum absolute atomic E-state index is 9.55. The van der Waals surface area contributed by atoms with Crippen molar-refractivity contribution < 1.29 is 9.47 Å². The Labute approximate surface area is 136 Å². The van der Waals surface area contributed by atoms with Crippen LogP contribution < -0.4 is 9.47 Å². The van der Waals surface area contributed by atoms with E-state index in [9.17, 15) is 5.26 Å². The molecule has 3 heterocycles. The standard InChI is InChI=1S/C16H14N4O2S/c1-9(2)15-19-20-11(8-17)14(18-16(20)23-15)10-3-4-12-13(7-10)22-6-5-21-12/h3-4,7,9H,5-6H2,1-2H3. The van der Waals surface area contributed by atoms with Crippen LogP contribution in [0.1, 0.15) is 30.5 Å². The molecular formula is C16H14N4O2S. The van der Waals surface area contributed by atoms with Crippen molar-refractivity contribution in [2.75, 3.05) is 13.2 Å². The van der Waals surface area contributed by atoms with Gasteiger partial charge in [0.2, 0.25) is 4.96 Å². The van der Waals surface area contributed by atoms with Crippen LogP contribution in [0.2, 0.25) is 0 Å². The largest absolute Gasteiger partial charge is 0.486 e. The van der Waals surface area contributed by atoms with E-state index < -0.39 is 0 Å². The number of benzene rings is 1. The van der Waals surface area contributed by atoms with E-state index in [1.807, 2.05) is 18.2 Å². The zero-order valence-corrected chi connectivity index (χ0v) is 13.6. The summed E-state index contributed by atoms with van der Waals surface area (Å²) in [4.78, 5) is 5.34. The molecule has 23 heavy (non-hydrogen) atoms. The number of hydrogen-bond donors (Lipinski definition) is 0. The van der Waals surface area contributed by atoms with Crippen LogP contribution in [0, 0.1) is 11.3 Å². The molecule has 6 nitrogen and oxygen atoms in total. The minimum Gasteiger partial charge on any atom is -0.486 e. The highest BCUT2D eigenvalue weighted by Gasteiger charge is 2.21. The van der Waals surface area contributed by atoms with Gasteiger partial charge in [-0.1, -0.05) is 25.2 Å². The fourth-order valence-electron chi connectivity index (χ4n) is 2.49. The van der Waals surface area contributed by atoms with Gasteiger partial charge in [0.05, 0.1) is 0 Å². The first kappa shape index (κ1) is 14.0. The lowest BCUT2D eigenvalue weighted by molar-refractivity contribution is 0.171. The average molecular weight is 326 g/mol. The molecule has 0 N–H and O–H groups in total. The summed E-state index contributed by atoms with van der Waals surface area (Å²) in [6, 6.07) is 7.83. The lowest BCUT2D eigenvalue weighted by Crippen LogP contribution is -2.15. The summed E-state index contributed by atoms with van der Waals surface area (Å²) in [5.41, 5.74) is 1.90. The smallest absolute Gasteiger partial charge is 0.214 e. The lowest BCUT2D eigenvalue weighted by atomic mass is 10.1. The fraction of sp³-hybridized carbons (Fsp3) is 0.312. The molecule has 0 amide bonds. The van der Waals surface area contributed by atoms with Crippen molar-refractivity contribution >= 4 is 16.3 Å². The van der Waals surface area contributed by atoms with Gasteiger partial charge in [-0.25, -0.2) is 4.98 Å². The van der Waals surface area contributed by atoms with Crippen LogP contribution in [-0.4, -0.2) is 27.8 Å². The Balaban J connectivity index is 1.85. The highest BCUT2D eigenvalue weighted by molar-refractivity contribution is 7.16. The van der Waals surface area contributed by atoms with Crippen molar-refractivity contribution in [1.82, 2.24) is 14.6 Å². The minimum absolute atomic E-state index is 0.311. The second kappa shape index (κ2) is 5.25. The van der Waals surface area contributed by atoms with Crippen LogP contribution in [0.15, 0.2) is 18.2 Å². The van der Waals surface area contributed by atoms with Crippen LogP contribution >= 0.6 is 11.3 Å². The predicted octanol–water partition coefficient (Wildman–Crippen LogP) is 3.22. The number of ether oxygens (including phenoxy) is 2. The quantitative estimate of drug-likeness (QED) is 0.723. The van der Waals surface area contributed by atoms with Crippen LogP contribution in [-0.2, 0) is 0 Å². The molecule has 4 rings (SSSR count). The molecule has 1 aliphatic rings. The zero-order chi connectivity index (χ0) is 16.0. The lowest BCUT2D eigenvalue weighted by Gasteiger charge is -2.18. The van der Waals surface area contributed by atoms with Gasteiger partial charge in [0.15, 0.2) is 17.2 Å². The summed E-state index contributed by atoms with van der Waals surface area (Å²) in [6.45, 7) is 5.23. The average Bonchev–Trinajstić information content (AvgIpc) is 3.11. The Hall–Kier alpha value is -2.59. The van der Waals surface area contributed by atoms with Crippen molar-refractivity contribution in [3.8, 4) is 28.8 Å². The number of nitrogens with zero attached hydrogens (tertiary/aromatic N) is 4. The van der Waals surface area contributed by atoms with Crippen molar-refractivity contribution in [2.45, 2.75) is 19.8 Å². The molecule has 0 bridgehead atoms. The summed E-state index contributed by atoms with van der Waals surface area (Å²) >= 11 is 1.51. The van der Waals surface area contributed by atoms with E-state index in [2.05, 4.69) is 30.0 Å². The number of nitriles is 1. The Morgan fingerprint density at radius 3 is 2.78 bits per heavy atom. The van der Waals surface area contributed by atoms with E-state index >= 15 is 0 Å². The highest BCUT2D eigenvalue weighted by atomic mass is 32.1. The number of rotatable bonds is 2. The van der Waals surface area contributed by atoms with Crippen LogP contribution in [0.25, 0.3) is 16.2 Å². The summed E-state index contributed by atoms with van der Waals surface area (Å²) in [6.07, 6.45) is 0. The monoisotopic (exact) mass is 326 g/mol. The molecule has 1 aromatic carbocycles. The molecule has 0 aliphatic carbocycles. The van der Waals surface area contributed by atoms with E-state index in [1.54, 1.807) is 4.52 Å². The molecule has 3 aromatic rings. The molecule has 116 valence electrons. The van der Waals surface area contributed by atoms with Gasteiger partial charge >= 0.3 is 0 Å². The Bertz CT molecular complexity index is 936. The maximum Gasteiger partial charge on any atom is 0.214 e. The van der Waals surface area contributed by atoms with Crippen LogP contribution in [0.3, 0.4) is 0 Å². The van der Waals surface area contributed by atoms with Gasteiger partial charge in [-0.15, -0.1) is 0 Å². The molecular weight excluding hydrogens is 312 g/mol. The number of fused-ring (bicyclic) bond motifs is 2. The summed E-state index contributed by atoms with van der Waals surface area (Å²) in [5.74, 6) is 1.72. The summed E-state index contributed by atoms with van der Waals surface area (Å²) < 4.78 is 12.8. The van der Waals surface area contributed by atoms with Crippen LogP contribution in [0.5, 0.6) is 11.5 Å². The molecule has 0 saturated carbocycles. The Morgan fingerprint density at radius 1 is 1.26 bits per heavy atom. The number of aromatic nitrogens is 3. The van der Waals surface area contributed by atoms with E-state index in [0.717, 1.165) is 21.3 Å². The van der Waals surface area contributed by atoms with Gasteiger partial charge in [0.1, 0.15) is 30.0 Å². The van der Waals surface area contributed by atoms with Gasteiger partial charge < -0.3 is 9.47 Å². The molecule has 1 aliphatic heterocycles. The first-order valence-electron chi connectivity index (χ1n) is 7.37. The van der Waals surface area contributed by atoms with Crippen molar-refractivity contribution in [3.05, 3.63) is 28.9 Å². The first-order valence-corrected chi connectivity index (χ1v) is 8.18. The molecule has 0 saturated heterocycles. The SMILES string of the molecule is CC(C)c1nn2c(C#N)c(-c3ccc4c(c3)OCCO4)nc2s1. The molecule has 2 aromatic heterocycles. The molecule has 0 unspecified atom stereocenters. The van der Waals surface area contributed by atoms with Crippen molar-refractivity contribution in [3.63, 3.8) is 0 Å². The number of hydrogen-bond acceptors (Lipinski definition) is 6. The number of imidazole rings is 1. The van der Waals surface area contributed by atoms with E-state index in [0.29, 0.717) is 36.3 Å². The summed E-state index contributed by atoms with van der Waals surface area (Å²) in [7, 11) is 0. The molecule has 0 spiro atoms. The van der Waals surface area contributed by atoms with Gasteiger partial charge in [0.25, 0.3) is 0 Å². The maximum atomic E-state index is 9.55. The molecule has 0 atom stereocenters. The minimum atomic E-state index is 0.311. The molecule has 0 radical (unpaired) electrons. The van der Waals surface area contributed by atoms with Crippen molar-refractivity contribution in [2.24, 2.45) is 0 Å². The van der Waals surface area contributed by atoms with Crippen molar-refractivity contribution in [1.29, 1.82) is 5.26 Å². The predicted molar refractivity (Wildman–Crippen MR) is 86.1 cm³/mol. The highest BCUT2D eigenvalue weighted by Crippen LogP contribution is 2.36. The summed E-state index contributed by atoms with van der Waals surface area (Å²) in [5, 5.41) is 15.0. The Kier molecular flexibility index (Phi) is 3.20. The molecule has 7 heteroatoms. The third-order valence-electron chi connectivity index (χ3n) is 3.63. The Morgan fingerprint density at radius 2 is 2.04 bits per heavy atom. The van der Waals surface area contributed by atoms with Gasteiger partial charge in [0, 0.05) is 11.5 Å². The van der Waals surface area contributed by atoms with Gasteiger partial charge in [-0.3, -0.25) is 0 Å². The normalized spacial score (nSPS) is 13.5. The van der Waals surface area contributed by atoms with E-state index in [-0.39, 0.29) is 0 Å². The topological polar surface area (TPSA) is 72.4 Å². The van der Waals surface area contributed by atoms with Gasteiger partial charge in [-0.2, -0.15) is 14.9 Å². The van der Waals surface area contributed by atoms with E-state index in [4.69, 9.17) is 9.47 Å².